The molecule has 0 saturated carbocycles. The largest absolute Gasteiger partial charge is 0.355 e. The Kier molecular flexibility index (Phi) is 5.07. The van der Waals surface area contributed by atoms with Gasteiger partial charge in [-0.1, -0.05) is 0 Å². The van der Waals surface area contributed by atoms with Crippen molar-refractivity contribution in [1.29, 1.82) is 0 Å². The first-order chi connectivity index (χ1) is 9.19. The van der Waals surface area contributed by atoms with E-state index in [9.17, 15) is 18.0 Å². The molecule has 1 aromatic rings. The van der Waals surface area contributed by atoms with E-state index in [0.29, 0.717) is 22.5 Å². The molecule has 0 aromatic carbocycles. The molecule has 0 aliphatic heterocycles. The summed E-state index contributed by atoms with van der Waals surface area (Å²) < 4.78 is 24.6. The molecule has 1 aromatic heterocycles. The van der Waals surface area contributed by atoms with Crippen LogP contribution in [0.1, 0.15) is 39.0 Å². The quantitative estimate of drug-likeness (QED) is 0.648. The highest BCUT2D eigenvalue weighted by molar-refractivity contribution is 7.89. The lowest BCUT2D eigenvalue weighted by Gasteiger charge is -2.06. The van der Waals surface area contributed by atoms with Gasteiger partial charge in [0.2, 0.25) is 10.0 Å². The summed E-state index contributed by atoms with van der Waals surface area (Å²) in [6.45, 7) is 4.79. The highest BCUT2D eigenvalue weighted by Gasteiger charge is 2.20. The van der Waals surface area contributed by atoms with E-state index in [4.69, 9.17) is 0 Å². The fourth-order valence-corrected chi connectivity index (χ4v) is 2.51. The lowest BCUT2D eigenvalue weighted by molar-refractivity contribution is 0.0955. The second kappa shape index (κ2) is 6.19. The third kappa shape index (κ3) is 3.67. The zero-order valence-electron chi connectivity index (χ0n) is 12.0. The number of hydrogen-bond acceptors (Lipinski definition) is 4. The first-order valence-electron chi connectivity index (χ1n) is 6.09. The Labute approximate surface area is 118 Å². The first-order valence-corrected chi connectivity index (χ1v) is 7.74. The monoisotopic (exact) mass is 301 g/mol. The molecule has 7 nitrogen and oxygen atoms in total. The van der Waals surface area contributed by atoms with Crippen LogP contribution in [0.25, 0.3) is 0 Å². The number of nitrogens with one attached hydrogen (secondary N) is 3. The lowest BCUT2D eigenvalue weighted by Crippen LogP contribution is -2.33. The third-order valence-electron chi connectivity index (χ3n) is 2.98. The molecule has 0 spiro atoms. The minimum atomic E-state index is -3.35. The van der Waals surface area contributed by atoms with Crippen LogP contribution in [0.3, 0.4) is 0 Å². The molecule has 0 aliphatic carbocycles. The minimum Gasteiger partial charge on any atom is -0.355 e. The van der Waals surface area contributed by atoms with E-state index < -0.39 is 15.9 Å². The summed E-state index contributed by atoms with van der Waals surface area (Å²) in [6.07, 6.45) is 0. The third-order valence-corrected chi connectivity index (χ3v) is 4.35. The number of aromatic nitrogens is 1. The van der Waals surface area contributed by atoms with Gasteiger partial charge >= 0.3 is 0 Å². The van der Waals surface area contributed by atoms with E-state index in [1.54, 1.807) is 13.8 Å². The average Bonchev–Trinajstić information content (AvgIpc) is 2.64. The summed E-state index contributed by atoms with van der Waals surface area (Å²) in [4.78, 5) is 26.3. The predicted molar refractivity (Wildman–Crippen MR) is 75.5 cm³/mol. The number of carbonyl (C=O) groups is 2. The highest BCUT2D eigenvalue weighted by atomic mass is 32.2. The average molecular weight is 301 g/mol. The second-order valence-electron chi connectivity index (χ2n) is 4.46. The number of carbonyl (C=O) groups excluding carboxylic acids is 2. The fraction of sp³-hybridized carbons (Fsp3) is 0.500. The van der Waals surface area contributed by atoms with E-state index in [1.807, 2.05) is 0 Å². The molecule has 0 bridgehead atoms. The molecule has 1 rings (SSSR count). The van der Waals surface area contributed by atoms with Gasteiger partial charge in [0, 0.05) is 19.2 Å². The highest BCUT2D eigenvalue weighted by Crippen LogP contribution is 2.18. The first kappa shape index (κ1) is 16.4. The second-order valence-corrected chi connectivity index (χ2v) is 6.51. The topological polar surface area (TPSA) is 108 Å². The van der Waals surface area contributed by atoms with Crippen molar-refractivity contribution >= 4 is 21.7 Å². The predicted octanol–water partition coefficient (Wildman–Crippen LogP) is 0.113. The number of amides is 1. The molecule has 0 atom stereocenters. The number of aromatic amines is 1. The molecule has 0 saturated heterocycles. The van der Waals surface area contributed by atoms with Crippen molar-refractivity contribution in [2.75, 3.05) is 19.3 Å². The maximum absolute atomic E-state index is 12.0. The molecule has 0 aliphatic rings. The molecule has 8 heteroatoms. The van der Waals surface area contributed by atoms with E-state index in [2.05, 4.69) is 15.0 Å². The van der Waals surface area contributed by atoms with Crippen LogP contribution in [0.5, 0.6) is 0 Å². The van der Waals surface area contributed by atoms with Gasteiger partial charge in [-0.25, -0.2) is 13.1 Å². The number of hydrogen-bond donors (Lipinski definition) is 3. The summed E-state index contributed by atoms with van der Waals surface area (Å²) in [5.41, 5.74) is 1.94. The van der Waals surface area contributed by atoms with Gasteiger partial charge in [0.05, 0.1) is 17.0 Å². The van der Waals surface area contributed by atoms with Crippen LogP contribution in [0.15, 0.2) is 0 Å². The van der Waals surface area contributed by atoms with Crippen LogP contribution >= 0.6 is 0 Å². The number of aryl methyl sites for hydroxylation is 1. The van der Waals surface area contributed by atoms with Crippen molar-refractivity contribution in [1.82, 2.24) is 15.0 Å². The van der Waals surface area contributed by atoms with Crippen molar-refractivity contribution in [3.05, 3.63) is 22.5 Å². The Bertz CT molecular complexity index is 631. The van der Waals surface area contributed by atoms with E-state index in [1.165, 1.54) is 14.0 Å². The summed E-state index contributed by atoms with van der Waals surface area (Å²) in [6, 6.07) is 0. The van der Waals surface area contributed by atoms with Crippen LogP contribution in [-0.2, 0) is 10.0 Å². The number of H-pyrrole nitrogens is 1. The van der Waals surface area contributed by atoms with Gasteiger partial charge < -0.3 is 10.3 Å². The number of ketones is 1. The Hall–Kier alpha value is -1.67. The molecule has 1 heterocycles. The van der Waals surface area contributed by atoms with E-state index in [0.717, 1.165) is 0 Å². The van der Waals surface area contributed by atoms with Crippen molar-refractivity contribution in [3.8, 4) is 0 Å². The van der Waals surface area contributed by atoms with Gasteiger partial charge in [-0.05, 0) is 26.5 Å². The molecular weight excluding hydrogens is 282 g/mol. The van der Waals surface area contributed by atoms with Crippen LogP contribution in [0.4, 0.5) is 0 Å². The van der Waals surface area contributed by atoms with Crippen molar-refractivity contribution < 1.29 is 18.0 Å². The molecule has 20 heavy (non-hydrogen) atoms. The summed E-state index contributed by atoms with van der Waals surface area (Å²) >= 11 is 0. The standard InChI is InChI=1S/C12H19N3O4S/c1-7-10(8(2)15-11(7)9(3)16)12(17)14-5-6-20(18,19)13-4/h13,15H,5-6H2,1-4H3,(H,14,17). The molecule has 0 unspecified atom stereocenters. The molecule has 0 fully saturated rings. The summed E-state index contributed by atoms with van der Waals surface area (Å²) in [5, 5.41) is 2.53. The molecule has 112 valence electrons. The molecular formula is C12H19N3O4S. The smallest absolute Gasteiger partial charge is 0.253 e. The van der Waals surface area contributed by atoms with Gasteiger partial charge in [0.25, 0.3) is 5.91 Å². The molecule has 3 N–H and O–H groups in total. The van der Waals surface area contributed by atoms with Crippen LogP contribution in [0, 0.1) is 13.8 Å². The minimum absolute atomic E-state index is 0.00146. The number of sulfonamides is 1. The van der Waals surface area contributed by atoms with Crippen LogP contribution in [-0.4, -0.2) is 44.4 Å². The van der Waals surface area contributed by atoms with E-state index >= 15 is 0 Å². The van der Waals surface area contributed by atoms with Gasteiger partial charge in [0.15, 0.2) is 5.78 Å². The van der Waals surface area contributed by atoms with Gasteiger partial charge in [-0.15, -0.1) is 0 Å². The van der Waals surface area contributed by atoms with Crippen molar-refractivity contribution in [2.24, 2.45) is 0 Å². The van der Waals surface area contributed by atoms with Gasteiger partial charge in [-0.3, -0.25) is 9.59 Å². The van der Waals surface area contributed by atoms with Gasteiger partial charge in [-0.2, -0.15) is 0 Å². The van der Waals surface area contributed by atoms with Crippen molar-refractivity contribution in [2.45, 2.75) is 20.8 Å². The lowest BCUT2D eigenvalue weighted by atomic mass is 10.1. The Morgan fingerprint density at radius 3 is 2.30 bits per heavy atom. The Balaban J connectivity index is 2.81. The Morgan fingerprint density at radius 1 is 1.25 bits per heavy atom. The zero-order valence-corrected chi connectivity index (χ0v) is 12.8. The molecule has 1 amide bonds. The normalized spacial score (nSPS) is 11.4. The maximum Gasteiger partial charge on any atom is 0.253 e. The zero-order chi connectivity index (χ0) is 15.5. The van der Waals surface area contributed by atoms with Crippen LogP contribution < -0.4 is 10.0 Å². The molecule has 0 radical (unpaired) electrons. The maximum atomic E-state index is 12.0. The van der Waals surface area contributed by atoms with Crippen LogP contribution in [0.2, 0.25) is 0 Å². The van der Waals surface area contributed by atoms with E-state index in [-0.39, 0.29) is 18.1 Å². The number of rotatable bonds is 6. The summed E-state index contributed by atoms with van der Waals surface area (Å²) in [7, 11) is -2.04. The SMILES string of the molecule is CNS(=O)(=O)CCNC(=O)c1c(C)[nH]c(C(C)=O)c1C. The summed E-state index contributed by atoms with van der Waals surface area (Å²) in [5.74, 6) is -0.741. The van der Waals surface area contributed by atoms with Crippen molar-refractivity contribution in [3.63, 3.8) is 0 Å². The van der Waals surface area contributed by atoms with Gasteiger partial charge in [0.1, 0.15) is 0 Å². The Morgan fingerprint density at radius 2 is 1.85 bits per heavy atom. The fourth-order valence-electron chi connectivity index (χ4n) is 1.93. The number of Topliss-reactive ketones (excluding diaryl/α,β-unsaturated/α-hetero) is 1.